The van der Waals surface area contributed by atoms with Crippen LogP contribution in [0.15, 0.2) is 12.1 Å². The molecular weight excluding hydrogens is 345 g/mol. The van der Waals surface area contributed by atoms with Crippen molar-refractivity contribution in [1.82, 2.24) is 15.7 Å². The van der Waals surface area contributed by atoms with Crippen molar-refractivity contribution < 1.29 is 14.4 Å². The highest BCUT2D eigenvalue weighted by molar-refractivity contribution is 5.93. The van der Waals surface area contributed by atoms with E-state index in [0.717, 1.165) is 30.0 Å². The van der Waals surface area contributed by atoms with E-state index < -0.39 is 5.91 Å². The summed E-state index contributed by atoms with van der Waals surface area (Å²) in [7, 11) is 2.04. The van der Waals surface area contributed by atoms with E-state index in [1.54, 1.807) is 11.5 Å². The third kappa shape index (κ3) is 4.50. The van der Waals surface area contributed by atoms with Gasteiger partial charge in [0, 0.05) is 30.7 Å². The molecule has 0 radical (unpaired) electrons. The normalized spacial score (nSPS) is 28.6. The van der Waals surface area contributed by atoms with Gasteiger partial charge in [-0.2, -0.15) is 0 Å². The van der Waals surface area contributed by atoms with Gasteiger partial charge < -0.3 is 5.32 Å². The van der Waals surface area contributed by atoms with Gasteiger partial charge in [0.25, 0.3) is 5.91 Å². The third-order valence-corrected chi connectivity index (χ3v) is 6.39. The summed E-state index contributed by atoms with van der Waals surface area (Å²) in [6.07, 6.45) is 5.31. The smallest absolute Gasteiger partial charge is 0.274 e. The quantitative estimate of drug-likeness (QED) is 0.545. The lowest BCUT2D eigenvalue weighted by Gasteiger charge is -2.41. The standard InChI is InChI=1S/C21H32FN3O2/c1-4-18-10-19-16(8-15(9-20(19)22)21(26)24-27)12-25(18)11-14-5-13(2)6-17(7-14)23-3/h8-9,13-14,17-18,23,27H,4-7,10-12H2,1-3H3,(H,24,26)/t13?,14?,17?,18-/m1/s1. The van der Waals surface area contributed by atoms with Gasteiger partial charge in [-0.3, -0.25) is 14.9 Å². The van der Waals surface area contributed by atoms with E-state index in [9.17, 15) is 9.18 Å². The summed E-state index contributed by atoms with van der Waals surface area (Å²) in [6.45, 7) is 6.16. The zero-order valence-electron chi connectivity index (χ0n) is 16.6. The van der Waals surface area contributed by atoms with Gasteiger partial charge >= 0.3 is 0 Å². The van der Waals surface area contributed by atoms with Crippen molar-refractivity contribution in [3.63, 3.8) is 0 Å². The molecule has 1 fully saturated rings. The predicted molar refractivity (Wildman–Crippen MR) is 103 cm³/mol. The van der Waals surface area contributed by atoms with Crippen molar-refractivity contribution >= 4 is 5.91 Å². The zero-order valence-corrected chi connectivity index (χ0v) is 16.6. The molecule has 6 heteroatoms. The highest BCUT2D eigenvalue weighted by Crippen LogP contribution is 2.33. The molecule has 5 nitrogen and oxygen atoms in total. The topological polar surface area (TPSA) is 64.6 Å². The number of hydrogen-bond acceptors (Lipinski definition) is 4. The van der Waals surface area contributed by atoms with Gasteiger partial charge in [0.1, 0.15) is 5.82 Å². The second-order valence-corrected chi connectivity index (χ2v) is 8.40. The van der Waals surface area contributed by atoms with Crippen LogP contribution >= 0.6 is 0 Å². The summed E-state index contributed by atoms with van der Waals surface area (Å²) in [5.41, 5.74) is 3.36. The Kier molecular flexibility index (Phi) is 6.50. The highest BCUT2D eigenvalue weighted by atomic mass is 19.1. The first-order valence-corrected chi connectivity index (χ1v) is 10.1. The van der Waals surface area contributed by atoms with Crippen LogP contribution in [0.2, 0.25) is 0 Å². The molecule has 1 saturated carbocycles. The molecule has 1 heterocycles. The largest absolute Gasteiger partial charge is 0.317 e. The predicted octanol–water partition coefficient (Wildman–Crippen LogP) is 3.11. The number of nitrogens with one attached hydrogen (secondary N) is 2. The van der Waals surface area contributed by atoms with Crippen molar-refractivity contribution in [2.75, 3.05) is 13.6 Å². The van der Waals surface area contributed by atoms with Gasteiger partial charge in [0.2, 0.25) is 0 Å². The minimum atomic E-state index is -0.668. The van der Waals surface area contributed by atoms with Gasteiger partial charge in [0.05, 0.1) is 0 Å². The average molecular weight is 378 g/mol. The minimum Gasteiger partial charge on any atom is -0.317 e. The van der Waals surface area contributed by atoms with Crippen molar-refractivity contribution in [2.45, 2.75) is 64.6 Å². The van der Waals surface area contributed by atoms with Crippen LogP contribution in [0.1, 0.15) is 61.0 Å². The Labute approximate surface area is 161 Å². The Morgan fingerprint density at radius 2 is 2.11 bits per heavy atom. The van der Waals surface area contributed by atoms with Gasteiger partial charge in [-0.15, -0.1) is 0 Å². The molecule has 3 N–H and O–H groups in total. The fourth-order valence-corrected chi connectivity index (χ4v) is 5.05. The second kappa shape index (κ2) is 8.67. The number of amides is 1. The van der Waals surface area contributed by atoms with Gasteiger partial charge in [-0.1, -0.05) is 13.8 Å². The summed E-state index contributed by atoms with van der Waals surface area (Å²) in [5.74, 6) is 0.343. The number of hydroxylamine groups is 1. The fourth-order valence-electron chi connectivity index (χ4n) is 5.05. The first-order chi connectivity index (χ1) is 12.9. The lowest BCUT2D eigenvalue weighted by molar-refractivity contribution is 0.0704. The molecule has 1 amide bonds. The molecule has 3 unspecified atom stereocenters. The fraction of sp³-hybridized carbons (Fsp3) is 0.667. The molecule has 4 atom stereocenters. The van der Waals surface area contributed by atoms with Crippen LogP contribution < -0.4 is 10.8 Å². The Morgan fingerprint density at radius 3 is 2.78 bits per heavy atom. The minimum absolute atomic E-state index is 0.171. The maximum atomic E-state index is 14.6. The van der Waals surface area contributed by atoms with E-state index in [2.05, 4.69) is 24.1 Å². The van der Waals surface area contributed by atoms with Crippen LogP contribution in [-0.4, -0.2) is 41.7 Å². The lowest BCUT2D eigenvalue weighted by atomic mass is 9.78. The van der Waals surface area contributed by atoms with Crippen LogP contribution in [0, 0.1) is 17.7 Å². The summed E-state index contributed by atoms with van der Waals surface area (Å²) >= 11 is 0. The number of carbonyl (C=O) groups is 1. The number of rotatable bonds is 5. The van der Waals surface area contributed by atoms with E-state index >= 15 is 0 Å². The number of hydrogen-bond donors (Lipinski definition) is 3. The van der Waals surface area contributed by atoms with Crippen molar-refractivity contribution in [3.8, 4) is 0 Å². The molecule has 0 bridgehead atoms. The summed E-state index contributed by atoms with van der Waals surface area (Å²) < 4.78 is 14.6. The molecule has 1 aromatic carbocycles. The second-order valence-electron chi connectivity index (χ2n) is 8.40. The van der Waals surface area contributed by atoms with Crippen LogP contribution in [0.5, 0.6) is 0 Å². The maximum absolute atomic E-state index is 14.6. The number of fused-ring (bicyclic) bond motifs is 1. The Hall–Kier alpha value is -1.50. The van der Waals surface area contributed by atoms with Crippen molar-refractivity contribution in [3.05, 3.63) is 34.6 Å². The summed E-state index contributed by atoms with van der Waals surface area (Å²) in [6, 6.07) is 3.86. The van der Waals surface area contributed by atoms with Gasteiger partial charge in [0.15, 0.2) is 0 Å². The van der Waals surface area contributed by atoms with Gasteiger partial charge in [-0.25, -0.2) is 9.87 Å². The van der Waals surface area contributed by atoms with Crippen LogP contribution in [0.3, 0.4) is 0 Å². The summed E-state index contributed by atoms with van der Waals surface area (Å²) in [5, 5.41) is 12.3. The monoisotopic (exact) mass is 377 g/mol. The third-order valence-electron chi connectivity index (χ3n) is 6.39. The SMILES string of the molecule is CC[C@@H]1Cc2c(F)cc(C(=O)NO)cc2CN1CC1CC(C)CC(NC)C1. The highest BCUT2D eigenvalue weighted by Gasteiger charge is 2.32. The van der Waals surface area contributed by atoms with Crippen LogP contribution in [0.4, 0.5) is 4.39 Å². The first-order valence-electron chi connectivity index (χ1n) is 10.1. The molecule has 0 spiro atoms. The molecule has 1 aliphatic carbocycles. The number of nitrogens with zero attached hydrogens (tertiary/aromatic N) is 1. The molecule has 27 heavy (non-hydrogen) atoms. The van der Waals surface area contributed by atoms with E-state index in [1.165, 1.54) is 25.3 Å². The lowest BCUT2D eigenvalue weighted by Crippen LogP contribution is -2.45. The molecule has 0 saturated heterocycles. The molecule has 150 valence electrons. The summed E-state index contributed by atoms with van der Waals surface area (Å²) in [4.78, 5) is 14.2. The molecule has 1 aliphatic heterocycles. The maximum Gasteiger partial charge on any atom is 0.274 e. The van der Waals surface area contributed by atoms with E-state index in [-0.39, 0.29) is 11.4 Å². The average Bonchev–Trinajstić information content (AvgIpc) is 2.66. The Bertz CT molecular complexity index is 682. The van der Waals surface area contributed by atoms with Crippen molar-refractivity contribution in [1.29, 1.82) is 0 Å². The molecule has 2 aliphatic rings. The van der Waals surface area contributed by atoms with Crippen molar-refractivity contribution in [2.24, 2.45) is 11.8 Å². The van der Waals surface area contributed by atoms with Gasteiger partial charge in [-0.05, 0) is 74.2 Å². The van der Waals surface area contributed by atoms with E-state index in [4.69, 9.17) is 5.21 Å². The molecule has 3 rings (SSSR count). The Morgan fingerprint density at radius 1 is 1.33 bits per heavy atom. The van der Waals surface area contributed by atoms with E-state index in [1.807, 2.05) is 7.05 Å². The first kappa shape index (κ1) is 20.2. The molecular formula is C21H32FN3O2. The molecule has 1 aromatic rings. The number of carbonyl (C=O) groups excluding carboxylic acids is 1. The number of halogens is 1. The Balaban J connectivity index is 1.79. The zero-order chi connectivity index (χ0) is 19.6. The van der Waals surface area contributed by atoms with E-state index in [0.29, 0.717) is 31.0 Å². The molecule has 0 aromatic heterocycles. The van der Waals surface area contributed by atoms with Crippen LogP contribution in [-0.2, 0) is 13.0 Å². The number of benzene rings is 1. The van der Waals surface area contributed by atoms with Crippen LogP contribution in [0.25, 0.3) is 0 Å².